The fourth-order valence-corrected chi connectivity index (χ4v) is 8.21. The van der Waals surface area contributed by atoms with E-state index in [4.69, 9.17) is 18.9 Å². The number of fused-ring (bicyclic) bond motifs is 8. The van der Waals surface area contributed by atoms with Gasteiger partial charge in [0, 0.05) is 0 Å². The van der Waals surface area contributed by atoms with E-state index in [9.17, 15) is 0 Å². The Bertz CT molecular complexity index is 2320. The second-order valence-electron chi connectivity index (χ2n) is 13.8. The lowest BCUT2D eigenvalue weighted by atomic mass is 9.73. The molecule has 0 radical (unpaired) electrons. The molecule has 4 heteroatoms. The van der Waals surface area contributed by atoms with Gasteiger partial charge in [-0.3, -0.25) is 0 Å². The van der Waals surface area contributed by atoms with E-state index in [1.165, 1.54) is 22.3 Å². The minimum absolute atomic E-state index is 0.821. The maximum Gasteiger partial charge on any atom is 0.118 e. The Balaban J connectivity index is 1.46. The Labute approximate surface area is 328 Å². The van der Waals surface area contributed by atoms with Gasteiger partial charge in [-0.15, -0.1) is 0 Å². The van der Waals surface area contributed by atoms with Crippen molar-refractivity contribution >= 4 is 0 Å². The van der Waals surface area contributed by atoms with Crippen LogP contribution in [-0.2, 0) is 0 Å². The molecule has 0 bridgehead atoms. The van der Waals surface area contributed by atoms with Crippen molar-refractivity contribution in [1.82, 2.24) is 0 Å². The third-order valence-electron chi connectivity index (χ3n) is 10.9. The molecule has 1 aliphatic rings. The summed E-state index contributed by atoms with van der Waals surface area (Å²) in [7, 11) is 6.83. The molecule has 8 aromatic rings. The molecular formula is C52H40O4. The van der Waals surface area contributed by atoms with E-state index >= 15 is 0 Å². The zero-order valence-electron chi connectivity index (χ0n) is 31.8. The number of ether oxygens (including phenoxy) is 4. The Morgan fingerprint density at radius 1 is 0.214 bits per heavy atom. The van der Waals surface area contributed by atoms with Crippen molar-refractivity contribution in [3.8, 4) is 112 Å². The van der Waals surface area contributed by atoms with Crippen molar-refractivity contribution in [2.75, 3.05) is 28.4 Å². The van der Waals surface area contributed by atoms with Gasteiger partial charge in [0.05, 0.1) is 28.4 Å². The Kier molecular flexibility index (Phi) is 9.08. The van der Waals surface area contributed by atoms with Gasteiger partial charge in [-0.1, -0.05) is 121 Å². The van der Waals surface area contributed by atoms with Gasteiger partial charge < -0.3 is 18.9 Å². The van der Waals surface area contributed by atoms with E-state index < -0.39 is 0 Å². The molecule has 0 heterocycles. The van der Waals surface area contributed by atoms with Crippen LogP contribution in [0.1, 0.15) is 0 Å². The first-order valence-electron chi connectivity index (χ1n) is 18.7. The summed E-state index contributed by atoms with van der Waals surface area (Å²) in [6.07, 6.45) is 0. The number of rotatable bonds is 8. The van der Waals surface area contributed by atoms with Crippen LogP contribution in [0, 0.1) is 0 Å². The summed E-state index contributed by atoms with van der Waals surface area (Å²) in [5.74, 6) is 3.28. The summed E-state index contributed by atoms with van der Waals surface area (Å²) in [5, 5.41) is 0. The molecule has 0 fully saturated rings. The van der Waals surface area contributed by atoms with Gasteiger partial charge in [-0.2, -0.15) is 0 Å². The van der Waals surface area contributed by atoms with Gasteiger partial charge in [-0.25, -0.2) is 0 Å². The average molecular weight is 729 g/mol. The van der Waals surface area contributed by atoms with Crippen molar-refractivity contribution in [3.63, 3.8) is 0 Å². The van der Waals surface area contributed by atoms with Gasteiger partial charge in [0.2, 0.25) is 0 Å². The number of benzene rings is 8. The molecule has 0 amide bonds. The molecular weight excluding hydrogens is 689 g/mol. The first kappa shape index (κ1) is 34.7. The van der Waals surface area contributed by atoms with Crippen LogP contribution in [0.2, 0.25) is 0 Å². The largest absolute Gasteiger partial charge is 0.497 e. The van der Waals surface area contributed by atoms with Gasteiger partial charge in [0.25, 0.3) is 0 Å². The zero-order chi connectivity index (χ0) is 38.2. The average Bonchev–Trinajstić information content (AvgIpc) is 3.27. The molecule has 0 N–H and O–H groups in total. The third kappa shape index (κ3) is 5.96. The predicted octanol–water partition coefficient (Wildman–Crippen LogP) is 13.4. The zero-order valence-corrected chi connectivity index (χ0v) is 31.8. The fraction of sp³-hybridized carbons (Fsp3) is 0.0769. The summed E-state index contributed by atoms with van der Waals surface area (Å²) in [6.45, 7) is 0. The standard InChI is InChI=1S/C52H40O4/c1-53-37-21-13-33(14-22-37)41-29-30-42(34-15-23-38(54-2)24-16-34)50-47-11-7-8-12-48(47)52-44(36-19-27-40(56-4)28-20-36)32-31-43(35-17-25-39(55-3)26-18-35)51(52)46-10-6-5-9-45(46)49(41)50/h5-32H,1-4H3. The highest BCUT2D eigenvalue weighted by atomic mass is 16.5. The Morgan fingerprint density at radius 3 is 0.589 bits per heavy atom. The van der Waals surface area contributed by atoms with Crippen LogP contribution in [-0.4, -0.2) is 28.4 Å². The van der Waals surface area contributed by atoms with Crippen LogP contribution >= 0.6 is 0 Å². The Hall–Kier alpha value is -7.04. The van der Waals surface area contributed by atoms with Crippen molar-refractivity contribution < 1.29 is 18.9 Å². The third-order valence-corrected chi connectivity index (χ3v) is 10.9. The molecule has 0 saturated carbocycles. The lowest BCUT2D eigenvalue weighted by Crippen LogP contribution is -2.03. The smallest absolute Gasteiger partial charge is 0.118 e. The number of methoxy groups -OCH3 is 4. The van der Waals surface area contributed by atoms with Crippen molar-refractivity contribution in [1.29, 1.82) is 0 Å². The molecule has 1 aliphatic carbocycles. The van der Waals surface area contributed by atoms with Crippen LogP contribution in [0.15, 0.2) is 170 Å². The molecule has 9 rings (SSSR count). The molecule has 0 saturated heterocycles. The normalized spacial score (nSPS) is 11.2. The van der Waals surface area contributed by atoms with Gasteiger partial charge in [0.1, 0.15) is 23.0 Å². The van der Waals surface area contributed by atoms with Gasteiger partial charge in [0.15, 0.2) is 0 Å². The minimum atomic E-state index is 0.821. The summed E-state index contributed by atoms with van der Waals surface area (Å²) in [5.41, 5.74) is 18.3. The molecule has 0 aromatic heterocycles. The van der Waals surface area contributed by atoms with E-state index in [1.54, 1.807) is 28.4 Å². The van der Waals surface area contributed by atoms with E-state index in [-0.39, 0.29) is 0 Å². The van der Waals surface area contributed by atoms with E-state index in [0.717, 1.165) is 89.8 Å². The quantitative estimate of drug-likeness (QED) is 0.156. The lowest BCUT2D eigenvalue weighted by Gasteiger charge is -2.30. The maximum absolute atomic E-state index is 5.60. The summed E-state index contributed by atoms with van der Waals surface area (Å²) >= 11 is 0. The van der Waals surface area contributed by atoms with Crippen molar-refractivity contribution in [2.24, 2.45) is 0 Å². The second kappa shape index (κ2) is 14.7. The highest BCUT2D eigenvalue weighted by molar-refractivity contribution is 6.15. The van der Waals surface area contributed by atoms with Crippen LogP contribution in [0.4, 0.5) is 0 Å². The Morgan fingerprint density at radius 2 is 0.411 bits per heavy atom. The van der Waals surface area contributed by atoms with E-state index in [2.05, 4.69) is 121 Å². The SMILES string of the molecule is COc1ccc(-c2ccc(-c3ccc(OC)cc3)c3c2-c2ccccc2-c2c(-c4ccc(OC)cc4)ccc(-c4ccc(OC)cc4)c2-c2ccccc2-3)cc1. The van der Waals surface area contributed by atoms with Gasteiger partial charge >= 0.3 is 0 Å². The summed E-state index contributed by atoms with van der Waals surface area (Å²) in [6, 6.07) is 60.5. The minimum Gasteiger partial charge on any atom is -0.497 e. The van der Waals surface area contributed by atoms with Gasteiger partial charge in [-0.05, 0) is 138 Å². The van der Waals surface area contributed by atoms with Crippen molar-refractivity contribution in [3.05, 3.63) is 170 Å². The highest BCUT2D eigenvalue weighted by Crippen LogP contribution is 2.57. The first-order valence-corrected chi connectivity index (χ1v) is 18.7. The summed E-state index contributed by atoms with van der Waals surface area (Å²) in [4.78, 5) is 0. The molecule has 0 spiro atoms. The van der Waals surface area contributed by atoms with E-state index in [0.29, 0.717) is 0 Å². The lowest BCUT2D eigenvalue weighted by molar-refractivity contribution is 0.415. The second-order valence-corrected chi connectivity index (χ2v) is 13.8. The molecule has 0 aliphatic heterocycles. The highest BCUT2D eigenvalue weighted by Gasteiger charge is 2.30. The molecule has 56 heavy (non-hydrogen) atoms. The van der Waals surface area contributed by atoms with Crippen LogP contribution in [0.5, 0.6) is 23.0 Å². The molecule has 4 nitrogen and oxygen atoms in total. The van der Waals surface area contributed by atoms with E-state index in [1.807, 2.05) is 48.5 Å². The van der Waals surface area contributed by atoms with Crippen LogP contribution in [0.3, 0.4) is 0 Å². The molecule has 8 aromatic carbocycles. The molecule has 272 valence electrons. The first-order chi connectivity index (χ1) is 27.6. The molecule has 0 unspecified atom stereocenters. The number of hydrogen-bond acceptors (Lipinski definition) is 4. The topological polar surface area (TPSA) is 36.9 Å². The number of hydrogen-bond donors (Lipinski definition) is 0. The van der Waals surface area contributed by atoms with Crippen molar-refractivity contribution in [2.45, 2.75) is 0 Å². The summed E-state index contributed by atoms with van der Waals surface area (Å²) < 4.78 is 22.4. The van der Waals surface area contributed by atoms with Crippen LogP contribution < -0.4 is 18.9 Å². The molecule has 0 atom stereocenters. The monoisotopic (exact) mass is 728 g/mol. The van der Waals surface area contributed by atoms with Crippen LogP contribution in [0.25, 0.3) is 89.0 Å². The fourth-order valence-electron chi connectivity index (χ4n) is 8.21. The maximum atomic E-state index is 5.60. The predicted molar refractivity (Wildman–Crippen MR) is 230 cm³/mol.